The average Bonchev–Trinajstić information content (AvgIpc) is 2.26. The highest BCUT2D eigenvalue weighted by Crippen LogP contribution is 2.32. The molecule has 1 N–H and O–H groups in total. The Hall–Kier alpha value is -0.110. The second-order valence-corrected chi connectivity index (χ2v) is 5.51. The minimum Gasteiger partial charge on any atom is -0.381 e. The molecule has 0 heterocycles. The smallest absolute Gasteiger partial charge is 0.0653 e. The predicted molar refractivity (Wildman–Crippen MR) is 78.7 cm³/mol. The lowest BCUT2D eigenvalue weighted by Gasteiger charge is -2.16. The molecule has 17 heavy (non-hydrogen) atoms. The Balaban J connectivity index is 2.58. The van der Waals surface area contributed by atoms with Crippen LogP contribution in [0.2, 0.25) is 15.1 Å². The second kappa shape index (κ2) is 7.35. The van der Waals surface area contributed by atoms with Crippen molar-refractivity contribution in [3.05, 3.63) is 27.2 Å². The zero-order valence-electron chi connectivity index (χ0n) is 10.2. The first kappa shape index (κ1) is 14.9. The third-order valence-electron chi connectivity index (χ3n) is 2.65. The van der Waals surface area contributed by atoms with Crippen LogP contribution in [0, 0.1) is 0 Å². The molecule has 1 aromatic rings. The molecule has 0 aromatic heterocycles. The normalized spacial score (nSPS) is 12.5. The van der Waals surface area contributed by atoms with Gasteiger partial charge in [-0.2, -0.15) is 0 Å². The maximum atomic E-state index is 6.10. The van der Waals surface area contributed by atoms with Crippen LogP contribution < -0.4 is 5.32 Å². The molecule has 0 saturated heterocycles. The van der Waals surface area contributed by atoms with E-state index in [9.17, 15) is 0 Å². The molecule has 0 aliphatic heterocycles. The summed E-state index contributed by atoms with van der Waals surface area (Å²) in [5.41, 5.74) is 0.852. The van der Waals surface area contributed by atoms with E-state index in [4.69, 9.17) is 34.8 Å². The molecule has 0 aliphatic carbocycles. The molecule has 1 rings (SSSR count). The highest BCUT2D eigenvalue weighted by atomic mass is 35.5. The van der Waals surface area contributed by atoms with E-state index in [1.54, 1.807) is 12.1 Å². The Labute approximate surface area is 118 Å². The Morgan fingerprint density at radius 3 is 2.35 bits per heavy atom. The van der Waals surface area contributed by atoms with Crippen LogP contribution in [0.3, 0.4) is 0 Å². The van der Waals surface area contributed by atoms with Crippen molar-refractivity contribution in [2.45, 2.75) is 45.6 Å². The summed E-state index contributed by atoms with van der Waals surface area (Å²) >= 11 is 17.9. The average molecular weight is 295 g/mol. The van der Waals surface area contributed by atoms with Crippen LogP contribution in [0.4, 0.5) is 5.69 Å². The molecule has 4 heteroatoms. The monoisotopic (exact) mass is 293 g/mol. The van der Waals surface area contributed by atoms with Gasteiger partial charge < -0.3 is 5.32 Å². The number of unbranched alkanes of at least 4 members (excludes halogenated alkanes) is 2. The van der Waals surface area contributed by atoms with Crippen molar-refractivity contribution in [1.82, 2.24) is 0 Å². The highest BCUT2D eigenvalue weighted by molar-refractivity contribution is 6.44. The van der Waals surface area contributed by atoms with Crippen molar-refractivity contribution in [2.24, 2.45) is 0 Å². The van der Waals surface area contributed by atoms with Crippen LogP contribution in [0.25, 0.3) is 0 Å². The second-order valence-electron chi connectivity index (χ2n) is 4.29. The van der Waals surface area contributed by atoms with Crippen LogP contribution in [0.15, 0.2) is 12.1 Å². The molecule has 0 fully saturated rings. The van der Waals surface area contributed by atoms with E-state index in [2.05, 4.69) is 19.2 Å². The van der Waals surface area contributed by atoms with Crippen molar-refractivity contribution in [3.8, 4) is 0 Å². The summed E-state index contributed by atoms with van der Waals surface area (Å²) in [5, 5.41) is 4.99. The fourth-order valence-electron chi connectivity index (χ4n) is 1.67. The van der Waals surface area contributed by atoms with E-state index in [1.165, 1.54) is 19.3 Å². The lowest BCUT2D eigenvalue weighted by Crippen LogP contribution is -2.15. The Kier molecular flexibility index (Phi) is 6.47. The first-order valence-corrected chi connectivity index (χ1v) is 7.09. The quantitative estimate of drug-likeness (QED) is 0.499. The molecule has 1 unspecified atom stereocenters. The van der Waals surface area contributed by atoms with Gasteiger partial charge in [0.15, 0.2) is 0 Å². The maximum absolute atomic E-state index is 6.10. The van der Waals surface area contributed by atoms with Crippen molar-refractivity contribution in [2.75, 3.05) is 5.32 Å². The number of rotatable bonds is 6. The standard InChI is InChI=1S/C13H18Cl3N/c1-3-4-5-6-9(2)17-13-8-11(15)10(14)7-12(13)16/h7-9,17H,3-6H2,1-2H3. The van der Waals surface area contributed by atoms with E-state index >= 15 is 0 Å². The third kappa shape index (κ3) is 4.95. The number of hydrogen-bond donors (Lipinski definition) is 1. The molecule has 1 nitrogen and oxygen atoms in total. The first-order valence-electron chi connectivity index (χ1n) is 5.95. The fourth-order valence-corrected chi connectivity index (χ4v) is 2.27. The minimum atomic E-state index is 0.385. The fraction of sp³-hybridized carbons (Fsp3) is 0.538. The van der Waals surface area contributed by atoms with Gasteiger partial charge in [0.2, 0.25) is 0 Å². The summed E-state index contributed by atoms with van der Waals surface area (Å²) in [6.45, 7) is 4.35. The van der Waals surface area contributed by atoms with Gasteiger partial charge in [-0.05, 0) is 25.5 Å². The maximum Gasteiger partial charge on any atom is 0.0653 e. The summed E-state index contributed by atoms with van der Waals surface area (Å²) in [6, 6.07) is 3.84. The Bertz CT molecular complexity index is 366. The van der Waals surface area contributed by atoms with E-state index in [-0.39, 0.29) is 0 Å². The molecular weight excluding hydrogens is 277 g/mol. The molecule has 1 atom stereocenters. The first-order chi connectivity index (χ1) is 8.04. The largest absolute Gasteiger partial charge is 0.381 e. The summed E-state index contributed by atoms with van der Waals surface area (Å²) in [7, 11) is 0. The van der Waals surface area contributed by atoms with Gasteiger partial charge in [0, 0.05) is 6.04 Å². The van der Waals surface area contributed by atoms with Crippen LogP contribution in [-0.2, 0) is 0 Å². The molecular formula is C13H18Cl3N. The van der Waals surface area contributed by atoms with Gasteiger partial charge in [-0.25, -0.2) is 0 Å². The van der Waals surface area contributed by atoms with E-state index in [0.29, 0.717) is 21.1 Å². The Morgan fingerprint density at radius 1 is 1.06 bits per heavy atom. The number of anilines is 1. The highest BCUT2D eigenvalue weighted by Gasteiger charge is 2.08. The van der Waals surface area contributed by atoms with Gasteiger partial charge in [-0.15, -0.1) is 0 Å². The number of hydrogen-bond acceptors (Lipinski definition) is 1. The molecule has 0 bridgehead atoms. The van der Waals surface area contributed by atoms with Gasteiger partial charge in [0.25, 0.3) is 0 Å². The van der Waals surface area contributed by atoms with Crippen LogP contribution >= 0.6 is 34.8 Å². The summed E-state index contributed by atoms with van der Waals surface area (Å²) in [4.78, 5) is 0. The summed E-state index contributed by atoms with van der Waals surface area (Å²) in [5.74, 6) is 0. The molecule has 1 aromatic carbocycles. The van der Waals surface area contributed by atoms with E-state index in [0.717, 1.165) is 12.1 Å². The van der Waals surface area contributed by atoms with Gasteiger partial charge in [0.05, 0.1) is 20.8 Å². The lowest BCUT2D eigenvalue weighted by atomic mass is 10.1. The van der Waals surface area contributed by atoms with Gasteiger partial charge in [0.1, 0.15) is 0 Å². The number of halogens is 3. The van der Waals surface area contributed by atoms with E-state index < -0.39 is 0 Å². The summed E-state index contributed by atoms with van der Waals surface area (Å²) in [6.07, 6.45) is 4.86. The molecule has 0 amide bonds. The third-order valence-corrected chi connectivity index (χ3v) is 3.69. The number of benzene rings is 1. The van der Waals surface area contributed by atoms with E-state index in [1.807, 2.05) is 0 Å². The van der Waals surface area contributed by atoms with Gasteiger partial charge in [-0.1, -0.05) is 61.0 Å². The molecule has 0 saturated carbocycles. The van der Waals surface area contributed by atoms with Crippen molar-refractivity contribution < 1.29 is 0 Å². The molecule has 0 aliphatic rings. The van der Waals surface area contributed by atoms with Crippen LogP contribution in [0.5, 0.6) is 0 Å². The lowest BCUT2D eigenvalue weighted by molar-refractivity contribution is 0.615. The summed E-state index contributed by atoms with van der Waals surface area (Å²) < 4.78 is 0. The van der Waals surface area contributed by atoms with Crippen molar-refractivity contribution in [3.63, 3.8) is 0 Å². The molecule has 0 radical (unpaired) electrons. The van der Waals surface area contributed by atoms with Gasteiger partial charge >= 0.3 is 0 Å². The Morgan fingerprint density at radius 2 is 1.71 bits per heavy atom. The van der Waals surface area contributed by atoms with Crippen LogP contribution in [-0.4, -0.2) is 6.04 Å². The minimum absolute atomic E-state index is 0.385. The van der Waals surface area contributed by atoms with Crippen molar-refractivity contribution >= 4 is 40.5 Å². The van der Waals surface area contributed by atoms with Crippen LogP contribution in [0.1, 0.15) is 39.5 Å². The number of nitrogens with one attached hydrogen (secondary N) is 1. The zero-order chi connectivity index (χ0) is 12.8. The topological polar surface area (TPSA) is 12.0 Å². The molecule has 0 spiro atoms. The predicted octanol–water partition coefficient (Wildman–Crippen LogP) is 6.03. The SMILES string of the molecule is CCCCCC(C)Nc1cc(Cl)c(Cl)cc1Cl. The zero-order valence-corrected chi connectivity index (χ0v) is 12.5. The van der Waals surface area contributed by atoms with Gasteiger partial charge in [-0.3, -0.25) is 0 Å². The van der Waals surface area contributed by atoms with Crippen molar-refractivity contribution in [1.29, 1.82) is 0 Å². The molecule has 96 valence electrons.